The zero-order valence-electron chi connectivity index (χ0n) is 12.0. The van der Waals surface area contributed by atoms with Crippen molar-refractivity contribution in [3.05, 3.63) is 58.3 Å². The van der Waals surface area contributed by atoms with Crippen molar-refractivity contribution in [3.8, 4) is 5.75 Å². The van der Waals surface area contributed by atoms with Gasteiger partial charge in [-0.3, -0.25) is 0 Å². The number of halogens is 2. The Labute approximate surface area is 137 Å². The fraction of sp³-hybridized carbons (Fsp3) is 0.200. The number of methoxy groups -OCH3 is 1. The molecule has 0 saturated carbocycles. The monoisotopic (exact) mass is 387 g/mol. The molecule has 4 nitrogen and oxygen atoms in total. The minimum absolute atomic E-state index is 0.0929. The number of ether oxygens (including phenoxy) is 1. The van der Waals surface area contributed by atoms with E-state index in [2.05, 4.69) is 20.7 Å². The van der Waals surface area contributed by atoms with Gasteiger partial charge < -0.3 is 4.74 Å². The van der Waals surface area contributed by atoms with Gasteiger partial charge in [-0.1, -0.05) is 28.1 Å². The Morgan fingerprint density at radius 3 is 2.59 bits per heavy atom. The first-order valence-corrected chi connectivity index (χ1v) is 8.72. The van der Waals surface area contributed by atoms with Crippen LogP contribution in [0.1, 0.15) is 18.5 Å². The van der Waals surface area contributed by atoms with Crippen LogP contribution < -0.4 is 9.46 Å². The molecule has 0 amide bonds. The molecule has 22 heavy (non-hydrogen) atoms. The van der Waals surface area contributed by atoms with E-state index in [-0.39, 0.29) is 10.6 Å². The fourth-order valence-corrected chi connectivity index (χ4v) is 3.83. The highest BCUT2D eigenvalue weighted by Gasteiger charge is 2.23. The van der Waals surface area contributed by atoms with E-state index in [1.54, 1.807) is 13.0 Å². The summed E-state index contributed by atoms with van der Waals surface area (Å²) in [6.45, 7) is 1.71. The molecule has 2 aromatic carbocycles. The summed E-state index contributed by atoms with van der Waals surface area (Å²) in [5.41, 5.74) is 0.785. The standard InChI is InChI=1S/C15H15BrFNO3S/c1-10(11-4-3-5-12(16)8-11)18-22(19,20)15-9-13(17)6-7-14(15)21-2/h3-10,18H,1-2H3. The predicted octanol–water partition coefficient (Wildman–Crippen LogP) is 3.64. The molecule has 0 saturated heterocycles. The Morgan fingerprint density at radius 2 is 1.95 bits per heavy atom. The van der Waals surface area contributed by atoms with Gasteiger partial charge in [-0.15, -0.1) is 0 Å². The van der Waals surface area contributed by atoms with Crippen molar-refractivity contribution in [2.24, 2.45) is 0 Å². The SMILES string of the molecule is COc1ccc(F)cc1S(=O)(=O)NC(C)c1cccc(Br)c1. The van der Waals surface area contributed by atoms with Gasteiger partial charge in [0.15, 0.2) is 0 Å². The lowest BCUT2D eigenvalue weighted by molar-refractivity contribution is 0.400. The van der Waals surface area contributed by atoms with Crippen LogP contribution in [-0.2, 0) is 10.0 Å². The van der Waals surface area contributed by atoms with Gasteiger partial charge in [-0.25, -0.2) is 17.5 Å². The average Bonchev–Trinajstić information content (AvgIpc) is 2.46. The van der Waals surface area contributed by atoms with E-state index < -0.39 is 21.9 Å². The third kappa shape index (κ3) is 3.85. The van der Waals surface area contributed by atoms with Gasteiger partial charge in [0, 0.05) is 10.5 Å². The largest absolute Gasteiger partial charge is 0.495 e. The van der Waals surface area contributed by atoms with Crippen molar-refractivity contribution in [2.75, 3.05) is 7.11 Å². The van der Waals surface area contributed by atoms with Gasteiger partial charge in [-0.05, 0) is 42.8 Å². The van der Waals surface area contributed by atoms with Crippen LogP contribution in [0.3, 0.4) is 0 Å². The summed E-state index contributed by atoms with van der Waals surface area (Å²) >= 11 is 3.34. The van der Waals surface area contributed by atoms with E-state index in [4.69, 9.17) is 4.74 Å². The van der Waals surface area contributed by atoms with E-state index in [0.29, 0.717) is 0 Å². The van der Waals surface area contributed by atoms with Crippen LogP contribution in [0.15, 0.2) is 51.8 Å². The number of hydrogen-bond donors (Lipinski definition) is 1. The molecule has 1 unspecified atom stereocenters. The highest BCUT2D eigenvalue weighted by Crippen LogP contribution is 2.26. The summed E-state index contributed by atoms with van der Waals surface area (Å²) in [5.74, 6) is -0.549. The molecule has 1 N–H and O–H groups in total. The quantitative estimate of drug-likeness (QED) is 0.851. The van der Waals surface area contributed by atoms with Crippen molar-refractivity contribution in [3.63, 3.8) is 0 Å². The average molecular weight is 388 g/mol. The first-order valence-electron chi connectivity index (χ1n) is 6.45. The number of hydrogen-bond acceptors (Lipinski definition) is 3. The molecule has 0 bridgehead atoms. The highest BCUT2D eigenvalue weighted by atomic mass is 79.9. The molecule has 1 atom stereocenters. The number of nitrogens with one attached hydrogen (secondary N) is 1. The summed E-state index contributed by atoms with van der Waals surface area (Å²) in [6.07, 6.45) is 0. The second-order valence-electron chi connectivity index (χ2n) is 4.69. The third-order valence-electron chi connectivity index (χ3n) is 3.10. The Morgan fingerprint density at radius 1 is 1.23 bits per heavy atom. The number of rotatable bonds is 5. The summed E-state index contributed by atoms with van der Waals surface area (Å²) < 4.78 is 46.7. The van der Waals surface area contributed by atoms with Crippen molar-refractivity contribution in [1.82, 2.24) is 4.72 Å². The topological polar surface area (TPSA) is 55.4 Å². The number of sulfonamides is 1. The summed E-state index contributed by atoms with van der Waals surface area (Å²) in [5, 5.41) is 0. The Kier molecular flexibility index (Phi) is 5.20. The lowest BCUT2D eigenvalue weighted by Gasteiger charge is -2.16. The van der Waals surface area contributed by atoms with Crippen molar-refractivity contribution >= 4 is 26.0 Å². The van der Waals surface area contributed by atoms with Crippen LogP contribution >= 0.6 is 15.9 Å². The third-order valence-corrected chi connectivity index (χ3v) is 5.15. The van der Waals surface area contributed by atoms with Gasteiger partial charge >= 0.3 is 0 Å². The zero-order chi connectivity index (χ0) is 16.3. The van der Waals surface area contributed by atoms with Crippen molar-refractivity contribution < 1.29 is 17.5 Å². The molecule has 0 aliphatic heterocycles. The van der Waals surface area contributed by atoms with E-state index in [9.17, 15) is 12.8 Å². The van der Waals surface area contributed by atoms with Crippen LogP contribution in [0.4, 0.5) is 4.39 Å². The Bertz CT molecular complexity index is 780. The maximum atomic E-state index is 13.4. The molecule has 2 rings (SSSR count). The van der Waals surface area contributed by atoms with E-state index in [1.165, 1.54) is 13.2 Å². The second-order valence-corrected chi connectivity index (χ2v) is 7.29. The minimum atomic E-state index is -3.92. The summed E-state index contributed by atoms with van der Waals surface area (Å²) in [6, 6.07) is 10.2. The van der Waals surface area contributed by atoms with Crippen LogP contribution in [0.5, 0.6) is 5.75 Å². The molecular weight excluding hydrogens is 373 g/mol. The van der Waals surface area contributed by atoms with Crippen molar-refractivity contribution in [1.29, 1.82) is 0 Å². The summed E-state index contributed by atoms with van der Waals surface area (Å²) in [7, 11) is -2.58. The molecule has 0 fully saturated rings. The fourth-order valence-electron chi connectivity index (χ4n) is 2.00. The normalized spacial score (nSPS) is 12.9. The minimum Gasteiger partial charge on any atom is -0.495 e. The summed E-state index contributed by atoms with van der Waals surface area (Å²) in [4.78, 5) is -0.225. The molecule has 7 heteroatoms. The molecule has 0 heterocycles. The number of benzene rings is 2. The molecule has 0 radical (unpaired) electrons. The van der Waals surface area contributed by atoms with Gasteiger partial charge in [-0.2, -0.15) is 0 Å². The van der Waals surface area contributed by atoms with Crippen LogP contribution in [0.2, 0.25) is 0 Å². The highest BCUT2D eigenvalue weighted by molar-refractivity contribution is 9.10. The van der Waals surface area contributed by atoms with Gasteiger partial charge in [0.25, 0.3) is 0 Å². The zero-order valence-corrected chi connectivity index (χ0v) is 14.4. The molecule has 0 spiro atoms. The Balaban J connectivity index is 2.33. The second kappa shape index (κ2) is 6.76. The van der Waals surface area contributed by atoms with Crippen molar-refractivity contribution in [2.45, 2.75) is 17.9 Å². The van der Waals surface area contributed by atoms with Crippen LogP contribution in [0, 0.1) is 5.82 Å². The molecule has 118 valence electrons. The first kappa shape index (κ1) is 16.9. The van der Waals surface area contributed by atoms with Gasteiger partial charge in [0.05, 0.1) is 7.11 Å². The lowest BCUT2D eigenvalue weighted by Crippen LogP contribution is -2.27. The lowest BCUT2D eigenvalue weighted by atomic mass is 10.1. The predicted molar refractivity (Wildman–Crippen MR) is 85.8 cm³/mol. The molecule has 0 aliphatic rings. The van der Waals surface area contributed by atoms with Crippen LogP contribution in [-0.4, -0.2) is 15.5 Å². The van der Waals surface area contributed by atoms with E-state index in [0.717, 1.165) is 22.2 Å². The maximum Gasteiger partial charge on any atom is 0.244 e. The molecule has 0 aromatic heterocycles. The van der Waals surface area contributed by atoms with Crippen LogP contribution in [0.25, 0.3) is 0 Å². The van der Waals surface area contributed by atoms with E-state index in [1.807, 2.05) is 18.2 Å². The molecule has 2 aromatic rings. The maximum absolute atomic E-state index is 13.4. The van der Waals surface area contributed by atoms with Gasteiger partial charge in [0.1, 0.15) is 16.5 Å². The van der Waals surface area contributed by atoms with Gasteiger partial charge in [0.2, 0.25) is 10.0 Å². The molecular formula is C15H15BrFNO3S. The Hall–Kier alpha value is -1.44. The smallest absolute Gasteiger partial charge is 0.244 e. The molecule has 0 aliphatic carbocycles. The van der Waals surface area contributed by atoms with E-state index >= 15 is 0 Å². The first-order chi connectivity index (χ1) is 10.3.